The van der Waals surface area contributed by atoms with Crippen molar-refractivity contribution in [2.45, 2.75) is 18.4 Å². The molecule has 0 spiro atoms. The van der Waals surface area contributed by atoms with Crippen molar-refractivity contribution in [3.05, 3.63) is 60.1 Å². The van der Waals surface area contributed by atoms with Crippen LogP contribution in [-0.4, -0.2) is 24.5 Å². The minimum absolute atomic E-state index is 0.212. The minimum Gasteiger partial charge on any atom is -0.468 e. The van der Waals surface area contributed by atoms with Crippen LogP contribution in [0.1, 0.15) is 29.7 Å². The molecule has 1 aliphatic rings. The molecule has 2 heterocycles. The Hall–Kier alpha value is -1.58. The number of nitrogens with two attached hydrogens (primary N) is 1. The van der Waals surface area contributed by atoms with E-state index in [0.29, 0.717) is 12.5 Å². The van der Waals surface area contributed by atoms with Crippen LogP contribution in [0.4, 0.5) is 0 Å². The maximum absolute atomic E-state index is 5.93. The van der Waals surface area contributed by atoms with Crippen molar-refractivity contribution in [1.29, 1.82) is 0 Å². The lowest BCUT2D eigenvalue weighted by atomic mass is 9.99. The molecule has 100 valence electrons. The highest BCUT2D eigenvalue weighted by molar-refractivity contribution is 5.21. The van der Waals surface area contributed by atoms with Crippen LogP contribution in [0.2, 0.25) is 0 Å². The van der Waals surface area contributed by atoms with Gasteiger partial charge in [0.1, 0.15) is 5.76 Å². The van der Waals surface area contributed by atoms with Gasteiger partial charge >= 0.3 is 0 Å². The number of furan rings is 1. The van der Waals surface area contributed by atoms with E-state index in [1.54, 1.807) is 6.26 Å². The van der Waals surface area contributed by atoms with Crippen LogP contribution >= 0.6 is 0 Å². The maximum atomic E-state index is 5.93. The lowest BCUT2D eigenvalue weighted by Gasteiger charge is -2.24. The molecular formula is C16H20N2O. The van der Waals surface area contributed by atoms with E-state index in [-0.39, 0.29) is 6.04 Å². The monoisotopic (exact) mass is 256 g/mol. The fourth-order valence-corrected chi connectivity index (χ4v) is 2.99. The van der Waals surface area contributed by atoms with Gasteiger partial charge in [0.2, 0.25) is 0 Å². The second kappa shape index (κ2) is 5.59. The second-order valence-corrected chi connectivity index (χ2v) is 5.16. The van der Waals surface area contributed by atoms with Gasteiger partial charge in [0.05, 0.1) is 12.3 Å². The molecule has 1 aliphatic heterocycles. The fourth-order valence-electron chi connectivity index (χ4n) is 2.99. The molecule has 1 aromatic carbocycles. The van der Waals surface area contributed by atoms with Gasteiger partial charge in [-0.15, -0.1) is 0 Å². The van der Waals surface area contributed by atoms with Gasteiger partial charge in [-0.1, -0.05) is 30.3 Å². The zero-order valence-corrected chi connectivity index (χ0v) is 11.0. The minimum atomic E-state index is 0.212. The van der Waals surface area contributed by atoms with Crippen molar-refractivity contribution in [1.82, 2.24) is 4.90 Å². The number of hydrogen-bond acceptors (Lipinski definition) is 3. The Morgan fingerprint density at radius 3 is 2.74 bits per heavy atom. The summed E-state index contributed by atoms with van der Waals surface area (Å²) in [6, 6.07) is 14.9. The summed E-state index contributed by atoms with van der Waals surface area (Å²) >= 11 is 0. The van der Waals surface area contributed by atoms with Gasteiger partial charge in [-0.25, -0.2) is 0 Å². The average Bonchev–Trinajstić information content (AvgIpc) is 3.12. The van der Waals surface area contributed by atoms with E-state index >= 15 is 0 Å². The smallest absolute Gasteiger partial charge is 0.122 e. The van der Waals surface area contributed by atoms with Crippen LogP contribution in [0.3, 0.4) is 0 Å². The largest absolute Gasteiger partial charge is 0.468 e. The van der Waals surface area contributed by atoms with Crippen LogP contribution < -0.4 is 5.73 Å². The topological polar surface area (TPSA) is 42.4 Å². The third-order valence-electron chi connectivity index (χ3n) is 4.03. The third-order valence-corrected chi connectivity index (χ3v) is 4.03. The zero-order chi connectivity index (χ0) is 13.1. The highest BCUT2D eigenvalue weighted by atomic mass is 16.3. The molecule has 0 aliphatic carbocycles. The Labute approximate surface area is 114 Å². The molecule has 2 N–H and O–H groups in total. The Bertz CT molecular complexity index is 495. The molecule has 0 bridgehead atoms. The lowest BCUT2D eigenvalue weighted by Crippen LogP contribution is -2.31. The van der Waals surface area contributed by atoms with Gasteiger partial charge in [0.25, 0.3) is 0 Å². The number of likely N-dealkylation sites (tertiary alicyclic amines) is 1. The first kappa shape index (κ1) is 12.5. The summed E-state index contributed by atoms with van der Waals surface area (Å²) in [4.78, 5) is 2.44. The Kier molecular flexibility index (Phi) is 3.67. The summed E-state index contributed by atoms with van der Waals surface area (Å²) in [6.45, 7) is 2.75. The number of nitrogens with zero attached hydrogens (tertiary/aromatic N) is 1. The first-order chi connectivity index (χ1) is 9.38. The van der Waals surface area contributed by atoms with E-state index in [1.807, 2.05) is 12.1 Å². The SMILES string of the molecule is NCC(c1ccco1)N1CCC(c2ccccc2)C1. The first-order valence-corrected chi connectivity index (χ1v) is 6.91. The molecule has 1 saturated heterocycles. The lowest BCUT2D eigenvalue weighted by molar-refractivity contribution is 0.218. The Morgan fingerprint density at radius 2 is 2.05 bits per heavy atom. The summed E-state index contributed by atoms with van der Waals surface area (Å²) in [6.07, 6.45) is 2.92. The molecule has 2 unspecified atom stereocenters. The van der Waals surface area contributed by atoms with Gasteiger partial charge in [-0.05, 0) is 36.6 Å². The van der Waals surface area contributed by atoms with E-state index in [1.165, 1.54) is 12.0 Å². The average molecular weight is 256 g/mol. The molecule has 2 aromatic rings. The summed E-state index contributed by atoms with van der Waals surface area (Å²) < 4.78 is 5.52. The summed E-state index contributed by atoms with van der Waals surface area (Å²) in [7, 11) is 0. The van der Waals surface area contributed by atoms with E-state index in [4.69, 9.17) is 10.2 Å². The molecule has 0 radical (unpaired) electrons. The van der Waals surface area contributed by atoms with Crippen LogP contribution in [0.25, 0.3) is 0 Å². The molecule has 19 heavy (non-hydrogen) atoms. The van der Waals surface area contributed by atoms with Gasteiger partial charge in [-0.3, -0.25) is 4.90 Å². The Morgan fingerprint density at radius 1 is 1.21 bits per heavy atom. The summed E-state index contributed by atoms with van der Waals surface area (Å²) in [5, 5.41) is 0. The molecule has 1 aromatic heterocycles. The molecule has 0 saturated carbocycles. The van der Waals surface area contributed by atoms with Crippen LogP contribution in [0.15, 0.2) is 53.1 Å². The van der Waals surface area contributed by atoms with Crippen LogP contribution in [-0.2, 0) is 0 Å². The predicted molar refractivity (Wildman–Crippen MR) is 75.9 cm³/mol. The van der Waals surface area contributed by atoms with Crippen molar-refractivity contribution >= 4 is 0 Å². The molecule has 0 amide bonds. The van der Waals surface area contributed by atoms with E-state index in [2.05, 4.69) is 35.2 Å². The van der Waals surface area contributed by atoms with Gasteiger partial charge < -0.3 is 10.2 Å². The van der Waals surface area contributed by atoms with Crippen molar-refractivity contribution in [2.24, 2.45) is 5.73 Å². The number of rotatable bonds is 4. The molecule has 2 atom stereocenters. The third kappa shape index (κ3) is 2.57. The highest BCUT2D eigenvalue weighted by Gasteiger charge is 2.30. The second-order valence-electron chi connectivity index (χ2n) is 5.16. The Balaban J connectivity index is 1.71. The molecule has 3 nitrogen and oxygen atoms in total. The van der Waals surface area contributed by atoms with Gasteiger partial charge in [0.15, 0.2) is 0 Å². The first-order valence-electron chi connectivity index (χ1n) is 6.91. The summed E-state index contributed by atoms with van der Waals surface area (Å²) in [5.41, 5.74) is 7.36. The number of benzene rings is 1. The zero-order valence-electron chi connectivity index (χ0n) is 11.0. The van der Waals surface area contributed by atoms with Gasteiger partial charge in [-0.2, -0.15) is 0 Å². The molecule has 3 heteroatoms. The van der Waals surface area contributed by atoms with E-state index in [0.717, 1.165) is 18.8 Å². The van der Waals surface area contributed by atoms with Crippen molar-refractivity contribution < 1.29 is 4.42 Å². The fraction of sp³-hybridized carbons (Fsp3) is 0.375. The molecular weight excluding hydrogens is 236 g/mol. The van der Waals surface area contributed by atoms with Crippen LogP contribution in [0.5, 0.6) is 0 Å². The summed E-state index contributed by atoms with van der Waals surface area (Å²) in [5.74, 6) is 1.60. The van der Waals surface area contributed by atoms with Crippen molar-refractivity contribution in [3.8, 4) is 0 Å². The van der Waals surface area contributed by atoms with Gasteiger partial charge in [0, 0.05) is 13.1 Å². The van der Waals surface area contributed by atoms with Crippen molar-refractivity contribution in [2.75, 3.05) is 19.6 Å². The number of hydrogen-bond donors (Lipinski definition) is 1. The predicted octanol–water partition coefficient (Wildman–Crippen LogP) is 2.77. The highest BCUT2D eigenvalue weighted by Crippen LogP contribution is 2.32. The normalized spacial score (nSPS) is 21.6. The van der Waals surface area contributed by atoms with Crippen LogP contribution in [0, 0.1) is 0 Å². The molecule has 3 rings (SSSR count). The van der Waals surface area contributed by atoms with E-state index in [9.17, 15) is 0 Å². The standard InChI is InChI=1S/C16H20N2O/c17-11-15(16-7-4-10-19-16)18-9-8-14(12-18)13-5-2-1-3-6-13/h1-7,10,14-15H,8-9,11-12,17H2. The van der Waals surface area contributed by atoms with Crippen molar-refractivity contribution in [3.63, 3.8) is 0 Å². The maximum Gasteiger partial charge on any atom is 0.122 e. The quantitative estimate of drug-likeness (QED) is 0.914. The van der Waals surface area contributed by atoms with E-state index < -0.39 is 0 Å². The molecule has 1 fully saturated rings.